The van der Waals surface area contributed by atoms with E-state index in [9.17, 15) is 18.7 Å². The predicted molar refractivity (Wildman–Crippen MR) is 66.8 cm³/mol. The van der Waals surface area contributed by atoms with Crippen LogP contribution in [0.1, 0.15) is 10.4 Å². The van der Waals surface area contributed by atoms with Gasteiger partial charge < -0.3 is 16.2 Å². The summed E-state index contributed by atoms with van der Waals surface area (Å²) in [6.07, 6.45) is 0. The average Bonchev–Trinajstić information content (AvgIpc) is 2.37. The van der Waals surface area contributed by atoms with E-state index in [0.717, 1.165) is 18.2 Å². The van der Waals surface area contributed by atoms with Crippen LogP contribution in [0.2, 0.25) is 0 Å². The van der Waals surface area contributed by atoms with Crippen LogP contribution in [0.5, 0.6) is 5.75 Å². The highest BCUT2D eigenvalue weighted by Gasteiger charge is 2.14. The lowest BCUT2D eigenvalue weighted by molar-refractivity contribution is 0.102. The molecule has 0 aliphatic carbocycles. The molecule has 0 fully saturated rings. The van der Waals surface area contributed by atoms with Gasteiger partial charge in [-0.3, -0.25) is 4.79 Å². The minimum atomic E-state index is -0.881. The SMILES string of the molecule is Nc1ccc(C(=O)Nc2c(F)cccc2F)cc1O. The number of rotatable bonds is 2. The third-order valence-electron chi connectivity index (χ3n) is 2.49. The van der Waals surface area contributed by atoms with Gasteiger partial charge in [-0.15, -0.1) is 0 Å². The molecule has 0 heterocycles. The molecule has 0 aliphatic rings. The maximum Gasteiger partial charge on any atom is 0.255 e. The number of halogens is 2. The summed E-state index contributed by atoms with van der Waals surface area (Å²) < 4.78 is 26.7. The summed E-state index contributed by atoms with van der Waals surface area (Å²) in [5, 5.41) is 11.5. The van der Waals surface area contributed by atoms with Gasteiger partial charge in [-0.2, -0.15) is 0 Å². The van der Waals surface area contributed by atoms with E-state index < -0.39 is 23.2 Å². The summed E-state index contributed by atoms with van der Waals surface area (Å²) >= 11 is 0. The number of amides is 1. The summed E-state index contributed by atoms with van der Waals surface area (Å²) in [6, 6.07) is 7.02. The van der Waals surface area contributed by atoms with Crippen LogP contribution in [0.3, 0.4) is 0 Å². The van der Waals surface area contributed by atoms with Gasteiger partial charge in [-0.25, -0.2) is 8.78 Å². The second kappa shape index (κ2) is 4.93. The number of nitrogens with two attached hydrogens (primary N) is 1. The molecular formula is C13H10F2N2O2. The largest absolute Gasteiger partial charge is 0.506 e. The summed E-state index contributed by atoms with van der Waals surface area (Å²) in [6.45, 7) is 0. The van der Waals surface area contributed by atoms with Crippen molar-refractivity contribution in [2.24, 2.45) is 0 Å². The lowest BCUT2D eigenvalue weighted by Crippen LogP contribution is -2.14. The van der Waals surface area contributed by atoms with Gasteiger partial charge >= 0.3 is 0 Å². The van der Waals surface area contributed by atoms with E-state index in [0.29, 0.717) is 0 Å². The Balaban J connectivity index is 2.28. The molecular weight excluding hydrogens is 254 g/mol. The number of aromatic hydroxyl groups is 1. The van der Waals surface area contributed by atoms with Crippen LogP contribution in [0.25, 0.3) is 0 Å². The van der Waals surface area contributed by atoms with Gasteiger partial charge in [-0.1, -0.05) is 6.07 Å². The molecule has 0 aromatic heterocycles. The smallest absolute Gasteiger partial charge is 0.255 e. The van der Waals surface area contributed by atoms with Crippen molar-refractivity contribution in [3.8, 4) is 5.75 Å². The Morgan fingerprint density at radius 3 is 2.37 bits per heavy atom. The molecule has 2 aromatic rings. The lowest BCUT2D eigenvalue weighted by Gasteiger charge is -2.08. The summed E-state index contributed by atoms with van der Waals surface area (Å²) in [5.41, 5.74) is 4.99. The molecule has 19 heavy (non-hydrogen) atoms. The van der Waals surface area contributed by atoms with Crippen LogP contribution in [0.15, 0.2) is 36.4 Å². The zero-order chi connectivity index (χ0) is 14.0. The molecule has 0 radical (unpaired) electrons. The van der Waals surface area contributed by atoms with Crippen LogP contribution >= 0.6 is 0 Å². The Morgan fingerprint density at radius 2 is 1.79 bits per heavy atom. The van der Waals surface area contributed by atoms with Crippen LogP contribution in [-0.2, 0) is 0 Å². The van der Waals surface area contributed by atoms with Crippen molar-refractivity contribution >= 4 is 17.3 Å². The first-order chi connectivity index (χ1) is 8.99. The third-order valence-corrected chi connectivity index (χ3v) is 2.49. The molecule has 2 aromatic carbocycles. The van der Waals surface area contributed by atoms with Crippen molar-refractivity contribution in [3.05, 3.63) is 53.6 Å². The monoisotopic (exact) mass is 264 g/mol. The van der Waals surface area contributed by atoms with E-state index >= 15 is 0 Å². The molecule has 0 aliphatic heterocycles. The first kappa shape index (κ1) is 12.8. The van der Waals surface area contributed by atoms with Crippen molar-refractivity contribution in [2.45, 2.75) is 0 Å². The van der Waals surface area contributed by atoms with E-state index in [4.69, 9.17) is 5.73 Å². The summed E-state index contributed by atoms with van der Waals surface area (Å²) in [5.74, 6) is -2.79. The zero-order valence-corrected chi connectivity index (χ0v) is 9.65. The molecule has 0 saturated heterocycles. The molecule has 98 valence electrons. The third kappa shape index (κ3) is 2.62. The Labute approximate surface area is 107 Å². The minimum absolute atomic E-state index is 0.0364. The van der Waals surface area contributed by atoms with E-state index in [1.807, 2.05) is 0 Å². The topological polar surface area (TPSA) is 75.4 Å². The fraction of sp³-hybridized carbons (Fsp3) is 0. The van der Waals surface area contributed by atoms with E-state index in [2.05, 4.69) is 5.32 Å². The molecule has 0 bridgehead atoms. The van der Waals surface area contributed by atoms with Gasteiger partial charge in [0, 0.05) is 5.56 Å². The fourth-order valence-electron chi connectivity index (χ4n) is 1.49. The molecule has 0 saturated carbocycles. The molecule has 0 spiro atoms. The minimum Gasteiger partial charge on any atom is -0.506 e. The number of benzene rings is 2. The Kier molecular flexibility index (Phi) is 3.33. The number of anilines is 2. The zero-order valence-electron chi connectivity index (χ0n) is 9.65. The number of hydrogen-bond donors (Lipinski definition) is 3. The van der Waals surface area contributed by atoms with Crippen molar-refractivity contribution in [3.63, 3.8) is 0 Å². The second-order valence-corrected chi connectivity index (χ2v) is 3.82. The molecule has 4 nitrogen and oxygen atoms in total. The number of para-hydroxylation sites is 1. The van der Waals surface area contributed by atoms with Gasteiger partial charge in [0.2, 0.25) is 0 Å². The molecule has 1 amide bonds. The highest BCUT2D eigenvalue weighted by molar-refractivity contribution is 6.04. The fourth-order valence-corrected chi connectivity index (χ4v) is 1.49. The van der Waals surface area contributed by atoms with Gasteiger partial charge in [0.1, 0.15) is 23.1 Å². The molecule has 4 N–H and O–H groups in total. The van der Waals surface area contributed by atoms with E-state index in [1.54, 1.807) is 0 Å². The highest BCUT2D eigenvalue weighted by atomic mass is 19.1. The van der Waals surface area contributed by atoms with E-state index in [-0.39, 0.29) is 17.0 Å². The van der Waals surface area contributed by atoms with Crippen LogP contribution in [-0.4, -0.2) is 11.0 Å². The molecule has 2 rings (SSSR count). The normalized spacial score (nSPS) is 10.2. The number of hydrogen-bond acceptors (Lipinski definition) is 3. The number of carbonyl (C=O) groups is 1. The Morgan fingerprint density at radius 1 is 1.16 bits per heavy atom. The van der Waals surface area contributed by atoms with Gasteiger partial charge in [0.05, 0.1) is 5.69 Å². The number of nitrogen functional groups attached to an aromatic ring is 1. The Hall–Kier alpha value is -2.63. The maximum atomic E-state index is 13.3. The van der Waals surface area contributed by atoms with Crippen molar-refractivity contribution in [2.75, 3.05) is 11.1 Å². The second-order valence-electron chi connectivity index (χ2n) is 3.82. The van der Waals surface area contributed by atoms with Gasteiger partial charge in [-0.05, 0) is 30.3 Å². The maximum absolute atomic E-state index is 13.3. The predicted octanol–water partition coefficient (Wildman–Crippen LogP) is 2.50. The highest BCUT2D eigenvalue weighted by Crippen LogP contribution is 2.23. The van der Waals surface area contributed by atoms with Gasteiger partial charge in [0.15, 0.2) is 0 Å². The summed E-state index contributed by atoms with van der Waals surface area (Å²) in [7, 11) is 0. The summed E-state index contributed by atoms with van der Waals surface area (Å²) in [4.78, 5) is 11.8. The quantitative estimate of drug-likeness (QED) is 0.576. The average molecular weight is 264 g/mol. The number of nitrogens with one attached hydrogen (secondary N) is 1. The molecule has 0 unspecified atom stereocenters. The van der Waals surface area contributed by atoms with Crippen molar-refractivity contribution in [1.29, 1.82) is 0 Å². The first-order valence-electron chi connectivity index (χ1n) is 5.33. The van der Waals surface area contributed by atoms with Crippen LogP contribution < -0.4 is 11.1 Å². The standard InChI is InChI=1S/C13H10F2N2O2/c14-8-2-1-3-9(15)12(8)17-13(19)7-4-5-10(16)11(18)6-7/h1-6,18H,16H2,(H,17,19). The first-order valence-corrected chi connectivity index (χ1v) is 5.33. The Bertz CT molecular complexity index is 624. The van der Waals surface area contributed by atoms with Gasteiger partial charge in [0.25, 0.3) is 5.91 Å². The van der Waals surface area contributed by atoms with E-state index in [1.165, 1.54) is 18.2 Å². The van der Waals surface area contributed by atoms with Crippen LogP contribution in [0.4, 0.5) is 20.2 Å². The number of carbonyl (C=O) groups excluding carboxylic acids is 1. The van der Waals surface area contributed by atoms with Crippen molar-refractivity contribution < 1.29 is 18.7 Å². The molecule has 0 atom stereocenters. The van der Waals surface area contributed by atoms with Crippen LogP contribution in [0, 0.1) is 11.6 Å². The lowest BCUT2D eigenvalue weighted by atomic mass is 10.1. The van der Waals surface area contributed by atoms with Crippen molar-refractivity contribution in [1.82, 2.24) is 0 Å². The molecule has 6 heteroatoms. The number of phenols is 1. The number of phenolic OH excluding ortho intramolecular Hbond substituents is 1.